The van der Waals surface area contributed by atoms with Crippen LogP contribution in [0.3, 0.4) is 0 Å². The molecule has 12 heavy (non-hydrogen) atoms. The Labute approximate surface area is 80.9 Å². The highest BCUT2D eigenvalue weighted by Gasteiger charge is 2.33. The Morgan fingerprint density at radius 2 is 2.08 bits per heavy atom. The Bertz CT molecular complexity index is 160. The van der Waals surface area contributed by atoms with E-state index in [1.807, 2.05) is 0 Å². The molecule has 0 bridgehead atoms. The summed E-state index contributed by atoms with van der Waals surface area (Å²) in [5.74, 6) is 0. The Hall–Kier alpha value is 0.640. The van der Waals surface area contributed by atoms with E-state index in [9.17, 15) is 0 Å². The lowest BCUT2D eigenvalue weighted by molar-refractivity contribution is 0.131. The molecule has 1 unspecified atom stereocenters. The van der Waals surface area contributed by atoms with Crippen LogP contribution in [0.15, 0.2) is 0 Å². The SMILES string of the molecule is C[C@@H]1CCN(C(C)(C)C)P(Cl)O1. The van der Waals surface area contributed by atoms with Crippen LogP contribution in [-0.4, -0.2) is 22.9 Å². The molecule has 0 radical (unpaired) electrons. The zero-order valence-corrected chi connectivity index (χ0v) is 9.82. The van der Waals surface area contributed by atoms with Crippen LogP contribution >= 0.6 is 18.9 Å². The largest absolute Gasteiger partial charge is 0.328 e. The Balaban J connectivity index is 2.57. The molecule has 0 aliphatic carbocycles. The lowest BCUT2D eigenvalue weighted by Crippen LogP contribution is -2.41. The first-order valence-corrected chi connectivity index (χ1v) is 6.43. The zero-order chi connectivity index (χ0) is 9.35. The average molecular weight is 210 g/mol. The number of rotatable bonds is 0. The molecule has 0 aromatic rings. The van der Waals surface area contributed by atoms with Crippen molar-refractivity contribution in [2.24, 2.45) is 0 Å². The molecule has 72 valence electrons. The van der Waals surface area contributed by atoms with E-state index in [0.717, 1.165) is 13.0 Å². The normalized spacial score (nSPS) is 33.8. The Morgan fingerprint density at radius 3 is 2.50 bits per heavy atom. The molecule has 0 saturated carbocycles. The molecule has 1 fully saturated rings. The van der Waals surface area contributed by atoms with Crippen molar-refractivity contribution in [2.45, 2.75) is 45.8 Å². The van der Waals surface area contributed by atoms with Gasteiger partial charge in [0.05, 0.1) is 6.10 Å². The molecule has 1 aliphatic heterocycles. The first kappa shape index (κ1) is 10.7. The molecular formula is C8H17ClNOP. The van der Waals surface area contributed by atoms with Gasteiger partial charge in [0, 0.05) is 12.1 Å². The van der Waals surface area contributed by atoms with Gasteiger partial charge in [-0.3, -0.25) is 0 Å². The molecule has 1 rings (SSSR count). The summed E-state index contributed by atoms with van der Waals surface area (Å²) >= 11 is 6.13. The van der Waals surface area contributed by atoms with Crippen molar-refractivity contribution in [1.29, 1.82) is 0 Å². The molecule has 0 aromatic carbocycles. The molecule has 0 amide bonds. The van der Waals surface area contributed by atoms with Gasteiger partial charge in [-0.1, -0.05) is 0 Å². The quantitative estimate of drug-likeness (QED) is 0.568. The van der Waals surface area contributed by atoms with Gasteiger partial charge < -0.3 is 4.52 Å². The monoisotopic (exact) mass is 209 g/mol. The van der Waals surface area contributed by atoms with Gasteiger partial charge in [-0.05, 0) is 45.4 Å². The lowest BCUT2D eigenvalue weighted by Gasteiger charge is -2.42. The van der Waals surface area contributed by atoms with E-state index in [1.54, 1.807) is 0 Å². The van der Waals surface area contributed by atoms with Crippen molar-refractivity contribution in [3.63, 3.8) is 0 Å². The fourth-order valence-corrected chi connectivity index (χ4v) is 3.79. The van der Waals surface area contributed by atoms with Crippen LogP contribution in [0.2, 0.25) is 0 Å². The van der Waals surface area contributed by atoms with Gasteiger partial charge in [-0.15, -0.1) is 0 Å². The smallest absolute Gasteiger partial charge is 0.207 e. The molecule has 1 aliphatic rings. The third-order valence-electron chi connectivity index (χ3n) is 1.98. The molecule has 4 heteroatoms. The van der Waals surface area contributed by atoms with Crippen molar-refractivity contribution in [3.05, 3.63) is 0 Å². The second kappa shape index (κ2) is 3.79. The molecule has 0 aromatic heterocycles. The van der Waals surface area contributed by atoms with Crippen LogP contribution < -0.4 is 0 Å². The summed E-state index contributed by atoms with van der Waals surface area (Å²) in [6, 6.07) is 0. The third kappa shape index (κ3) is 2.56. The van der Waals surface area contributed by atoms with Gasteiger partial charge in [0.15, 0.2) is 0 Å². The zero-order valence-electron chi connectivity index (χ0n) is 8.17. The fourth-order valence-electron chi connectivity index (χ4n) is 1.21. The van der Waals surface area contributed by atoms with E-state index in [0.29, 0.717) is 6.10 Å². The molecule has 2 atom stereocenters. The van der Waals surface area contributed by atoms with Gasteiger partial charge in [-0.2, -0.15) is 0 Å². The fraction of sp³-hybridized carbons (Fsp3) is 1.00. The summed E-state index contributed by atoms with van der Waals surface area (Å²) in [6.45, 7) is 9.65. The number of hydrogen-bond acceptors (Lipinski definition) is 2. The van der Waals surface area contributed by atoms with Gasteiger partial charge >= 0.3 is 0 Å². The Morgan fingerprint density at radius 1 is 1.50 bits per heavy atom. The maximum absolute atomic E-state index is 6.13. The van der Waals surface area contributed by atoms with E-state index in [1.165, 1.54) is 0 Å². The standard InChI is InChI=1S/C8H17ClNOP/c1-7-5-6-10(8(2,3)4)12(9)11-7/h7H,5-6H2,1-4H3/t7-,12?/m1/s1. The van der Waals surface area contributed by atoms with Gasteiger partial charge in [0.2, 0.25) is 7.65 Å². The maximum atomic E-state index is 6.13. The molecule has 1 saturated heterocycles. The van der Waals surface area contributed by atoms with Crippen LogP contribution in [-0.2, 0) is 4.52 Å². The summed E-state index contributed by atoms with van der Waals surface area (Å²) in [7, 11) is -0.877. The number of halogens is 1. The van der Waals surface area contributed by atoms with Crippen molar-refractivity contribution >= 4 is 18.9 Å². The van der Waals surface area contributed by atoms with Gasteiger partial charge in [0.1, 0.15) is 0 Å². The molecular weight excluding hydrogens is 193 g/mol. The van der Waals surface area contributed by atoms with Gasteiger partial charge in [-0.25, -0.2) is 4.67 Å². The number of nitrogens with zero attached hydrogens (tertiary/aromatic N) is 1. The number of hydrogen-bond donors (Lipinski definition) is 0. The summed E-state index contributed by atoms with van der Waals surface area (Å²) < 4.78 is 7.82. The minimum atomic E-state index is -0.877. The molecule has 0 N–H and O–H groups in total. The maximum Gasteiger partial charge on any atom is 0.207 e. The van der Waals surface area contributed by atoms with Crippen molar-refractivity contribution in [2.75, 3.05) is 6.54 Å². The third-order valence-corrected chi connectivity index (χ3v) is 4.48. The highest BCUT2D eigenvalue weighted by Crippen LogP contribution is 2.54. The second-order valence-corrected chi connectivity index (χ2v) is 6.24. The predicted molar refractivity (Wildman–Crippen MR) is 54.4 cm³/mol. The van der Waals surface area contributed by atoms with Crippen molar-refractivity contribution in [1.82, 2.24) is 4.67 Å². The summed E-state index contributed by atoms with van der Waals surface area (Å²) in [4.78, 5) is 0. The van der Waals surface area contributed by atoms with E-state index in [2.05, 4.69) is 32.4 Å². The van der Waals surface area contributed by atoms with E-state index < -0.39 is 7.65 Å². The summed E-state index contributed by atoms with van der Waals surface area (Å²) in [6.07, 6.45) is 1.41. The second-order valence-electron chi connectivity index (χ2n) is 4.22. The Kier molecular flexibility index (Phi) is 3.39. The summed E-state index contributed by atoms with van der Waals surface area (Å²) in [5.41, 5.74) is 0.133. The van der Waals surface area contributed by atoms with Crippen LogP contribution in [0.25, 0.3) is 0 Å². The first-order valence-electron chi connectivity index (χ1n) is 4.31. The van der Waals surface area contributed by atoms with Crippen molar-refractivity contribution < 1.29 is 4.52 Å². The highest BCUT2D eigenvalue weighted by atomic mass is 35.7. The van der Waals surface area contributed by atoms with Crippen LogP contribution in [0.1, 0.15) is 34.1 Å². The van der Waals surface area contributed by atoms with E-state index in [4.69, 9.17) is 15.8 Å². The van der Waals surface area contributed by atoms with E-state index >= 15 is 0 Å². The van der Waals surface area contributed by atoms with Crippen molar-refractivity contribution in [3.8, 4) is 0 Å². The molecule has 0 spiro atoms. The minimum absolute atomic E-state index is 0.133. The topological polar surface area (TPSA) is 12.5 Å². The minimum Gasteiger partial charge on any atom is -0.328 e. The lowest BCUT2D eigenvalue weighted by atomic mass is 10.1. The highest BCUT2D eigenvalue weighted by molar-refractivity contribution is 7.78. The van der Waals surface area contributed by atoms with Crippen LogP contribution in [0.5, 0.6) is 0 Å². The first-order chi connectivity index (χ1) is 5.41. The molecule has 2 nitrogen and oxygen atoms in total. The van der Waals surface area contributed by atoms with E-state index in [-0.39, 0.29) is 5.54 Å². The van der Waals surface area contributed by atoms with Crippen LogP contribution in [0.4, 0.5) is 0 Å². The average Bonchev–Trinajstić information content (AvgIpc) is 1.83. The van der Waals surface area contributed by atoms with Gasteiger partial charge in [0.25, 0.3) is 0 Å². The molecule has 1 heterocycles. The summed E-state index contributed by atoms with van der Waals surface area (Å²) in [5, 5.41) is 0. The predicted octanol–water partition coefficient (Wildman–Crippen LogP) is 3.36. The van der Waals surface area contributed by atoms with Crippen LogP contribution in [0, 0.1) is 0 Å².